The quantitative estimate of drug-likeness (QED) is 0.751. The standard InChI is InChI=1S/C19H26N4O/c20-10-5-2-6-11-21-13-15-22(16-14-21)18-9-12-23(19(18)24)17-7-3-1-4-8-17/h1,3-4,7-8,18H,2,5-6,9,11-16H2/t18-/m1/s1. The molecule has 2 fully saturated rings. The van der Waals surface area contributed by atoms with Crippen molar-refractivity contribution >= 4 is 11.6 Å². The van der Waals surface area contributed by atoms with Crippen molar-refractivity contribution in [2.75, 3.05) is 44.2 Å². The summed E-state index contributed by atoms with van der Waals surface area (Å²) < 4.78 is 0. The van der Waals surface area contributed by atoms with Gasteiger partial charge in [0.1, 0.15) is 0 Å². The Balaban J connectivity index is 1.47. The zero-order chi connectivity index (χ0) is 16.8. The van der Waals surface area contributed by atoms with Crippen LogP contribution in [-0.2, 0) is 4.79 Å². The fourth-order valence-electron chi connectivity index (χ4n) is 3.71. The monoisotopic (exact) mass is 326 g/mol. The zero-order valence-corrected chi connectivity index (χ0v) is 14.2. The highest BCUT2D eigenvalue weighted by molar-refractivity contribution is 5.99. The molecule has 0 N–H and O–H groups in total. The molecule has 5 heteroatoms. The summed E-state index contributed by atoms with van der Waals surface area (Å²) in [6, 6.07) is 12.2. The van der Waals surface area contributed by atoms with Crippen LogP contribution in [0.2, 0.25) is 0 Å². The lowest BCUT2D eigenvalue weighted by atomic mass is 10.1. The fraction of sp³-hybridized carbons (Fsp3) is 0.579. The second kappa shape index (κ2) is 8.27. The summed E-state index contributed by atoms with van der Waals surface area (Å²) in [7, 11) is 0. The number of amides is 1. The number of unbranched alkanes of at least 4 members (excludes halogenated alkanes) is 2. The summed E-state index contributed by atoms with van der Waals surface area (Å²) in [5, 5.41) is 8.58. The molecule has 1 aromatic carbocycles. The summed E-state index contributed by atoms with van der Waals surface area (Å²) in [4.78, 5) is 19.5. The van der Waals surface area contributed by atoms with E-state index in [2.05, 4.69) is 15.9 Å². The van der Waals surface area contributed by atoms with Crippen LogP contribution in [0.1, 0.15) is 25.7 Å². The molecule has 0 aromatic heterocycles. The maximum atomic E-state index is 12.8. The van der Waals surface area contributed by atoms with Gasteiger partial charge in [0.05, 0.1) is 12.1 Å². The Morgan fingerprint density at radius 2 is 1.79 bits per heavy atom. The van der Waals surface area contributed by atoms with E-state index < -0.39 is 0 Å². The maximum absolute atomic E-state index is 12.8. The summed E-state index contributed by atoms with van der Waals surface area (Å²) in [6.45, 7) is 5.89. The minimum absolute atomic E-state index is 0.0472. The molecule has 5 nitrogen and oxygen atoms in total. The van der Waals surface area contributed by atoms with Gasteiger partial charge in [-0.3, -0.25) is 9.69 Å². The van der Waals surface area contributed by atoms with E-state index in [9.17, 15) is 4.79 Å². The Morgan fingerprint density at radius 1 is 1.04 bits per heavy atom. The highest BCUT2D eigenvalue weighted by Gasteiger charge is 2.37. The van der Waals surface area contributed by atoms with Crippen LogP contribution in [0.15, 0.2) is 30.3 Å². The predicted molar refractivity (Wildman–Crippen MR) is 94.7 cm³/mol. The lowest BCUT2D eigenvalue weighted by molar-refractivity contribution is -0.122. The third-order valence-corrected chi connectivity index (χ3v) is 5.11. The number of nitrogens with zero attached hydrogens (tertiary/aromatic N) is 4. The van der Waals surface area contributed by atoms with E-state index in [-0.39, 0.29) is 11.9 Å². The number of nitriles is 1. The highest BCUT2D eigenvalue weighted by atomic mass is 16.2. The Bertz CT molecular complexity index is 575. The van der Waals surface area contributed by atoms with Crippen LogP contribution in [0.5, 0.6) is 0 Å². The number of anilines is 1. The summed E-state index contributed by atoms with van der Waals surface area (Å²) in [6.07, 6.45) is 3.67. The molecule has 0 saturated carbocycles. The number of para-hydroxylation sites is 1. The third-order valence-electron chi connectivity index (χ3n) is 5.11. The first-order chi connectivity index (χ1) is 11.8. The van der Waals surface area contributed by atoms with Crippen LogP contribution >= 0.6 is 0 Å². The van der Waals surface area contributed by atoms with Crippen molar-refractivity contribution < 1.29 is 4.79 Å². The van der Waals surface area contributed by atoms with E-state index >= 15 is 0 Å². The van der Waals surface area contributed by atoms with Crippen molar-refractivity contribution in [3.05, 3.63) is 30.3 Å². The number of rotatable bonds is 6. The van der Waals surface area contributed by atoms with Gasteiger partial charge in [0.15, 0.2) is 0 Å². The number of piperazine rings is 1. The van der Waals surface area contributed by atoms with E-state index in [0.29, 0.717) is 6.42 Å². The Kier molecular flexibility index (Phi) is 5.84. The molecular weight excluding hydrogens is 300 g/mol. The largest absolute Gasteiger partial charge is 0.311 e. The average molecular weight is 326 g/mol. The van der Waals surface area contributed by atoms with Crippen LogP contribution in [0, 0.1) is 11.3 Å². The molecular formula is C19H26N4O. The zero-order valence-electron chi connectivity index (χ0n) is 14.2. The molecule has 3 rings (SSSR count). The Labute approximate surface area is 144 Å². The molecule has 2 aliphatic heterocycles. The predicted octanol–water partition coefficient (Wildman–Crippen LogP) is 2.10. The van der Waals surface area contributed by atoms with E-state index in [4.69, 9.17) is 5.26 Å². The second-order valence-electron chi connectivity index (χ2n) is 6.62. The molecule has 2 aliphatic rings. The van der Waals surface area contributed by atoms with Gasteiger partial charge in [-0.05, 0) is 37.9 Å². The molecule has 0 aliphatic carbocycles. The van der Waals surface area contributed by atoms with Crippen molar-refractivity contribution in [2.45, 2.75) is 31.7 Å². The molecule has 1 aromatic rings. The first-order valence-corrected chi connectivity index (χ1v) is 8.99. The minimum atomic E-state index is 0.0472. The van der Waals surface area contributed by atoms with Crippen LogP contribution in [0.3, 0.4) is 0 Å². The van der Waals surface area contributed by atoms with Crippen molar-refractivity contribution in [3.8, 4) is 6.07 Å². The molecule has 2 saturated heterocycles. The minimum Gasteiger partial charge on any atom is -0.311 e. The van der Waals surface area contributed by atoms with Gasteiger partial charge in [0, 0.05) is 44.8 Å². The first kappa shape index (κ1) is 16.9. The van der Waals surface area contributed by atoms with Gasteiger partial charge in [-0.2, -0.15) is 5.26 Å². The Hall–Kier alpha value is -1.90. The van der Waals surface area contributed by atoms with Crippen molar-refractivity contribution in [3.63, 3.8) is 0 Å². The molecule has 0 bridgehead atoms. The SMILES string of the molecule is N#CCCCCN1CCN([C@@H]2CCN(c3ccccc3)C2=O)CC1. The molecule has 128 valence electrons. The van der Waals surface area contributed by atoms with E-state index in [1.54, 1.807) is 0 Å². The lowest BCUT2D eigenvalue weighted by Crippen LogP contribution is -2.52. The highest BCUT2D eigenvalue weighted by Crippen LogP contribution is 2.24. The van der Waals surface area contributed by atoms with Gasteiger partial charge < -0.3 is 9.80 Å². The van der Waals surface area contributed by atoms with Crippen molar-refractivity contribution in [1.29, 1.82) is 5.26 Å². The van der Waals surface area contributed by atoms with Crippen LogP contribution in [0.4, 0.5) is 5.69 Å². The smallest absolute Gasteiger partial charge is 0.244 e. The molecule has 0 spiro atoms. The summed E-state index contributed by atoms with van der Waals surface area (Å²) in [5.74, 6) is 0.253. The summed E-state index contributed by atoms with van der Waals surface area (Å²) in [5.41, 5.74) is 1.01. The molecule has 1 amide bonds. The number of hydrogen-bond acceptors (Lipinski definition) is 4. The maximum Gasteiger partial charge on any atom is 0.244 e. The first-order valence-electron chi connectivity index (χ1n) is 8.99. The molecule has 0 radical (unpaired) electrons. The van der Waals surface area contributed by atoms with Crippen molar-refractivity contribution in [2.24, 2.45) is 0 Å². The Morgan fingerprint density at radius 3 is 2.50 bits per heavy atom. The van der Waals surface area contributed by atoms with Gasteiger partial charge in [-0.15, -0.1) is 0 Å². The molecule has 2 heterocycles. The third kappa shape index (κ3) is 3.95. The van der Waals surface area contributed by atoms with Gasteiger partial charge >= 0.3 is 0 Å². The second-order valence-corrected chi connectivity index (χ2v) is 6.62. The number of benzene rings is 1. The number of carbonyl (C=O) groups is 1. The van der Waals surface area contributed by atoms with Crippen LogP contribution in [0.25, 0.3) is 0 Å². The van der Waals surface area contributed by atoms with Gasteiger partial charge in [-0.25, -0.2) is 0 Å². The van der Waals surface area contributed by atoms with Crippen LogP contribution in [-0.4, -0.2) is 61.0 Å². The molecule has 0 unspecified atom stereocenters. The van der Waals surface area contributed by atoms with Gasteiger partial charge in [0.2, 0.25) is 5.91 Å². The van der Waals surface area contributed by atoms with E-state index in [1.807, 2.05) is 35.2 Å². The topological polar surface area (TPSA) is 50.6 Å². The van der Waals surface area contributed by atoms with Crippen LogP contribution < -0.4 is 4.90 Å². The van der Waals surface area contributed by atoms with E-state index in [1.165, 1.54) is 0 Å². The van der Waals surface area contributed by atoms with Crippen molar-refractivity contribution in [1.82, 2.24) is 9.80 Å². The molecule has 1 atom stereocenters. The number of carbonyl (C=O) groups excluding carboxylic acids is 1. The normalized spacial score (nSPS) is 22.7. The van der Waals surface area contributed by atoms with Gasteiger partial charge in [-0.1, -0.05) is 18.2 Å². The lowest BCUT2D eigenvalue weighted by Gasteiger charge is -2.37. The molecule has 24 heavy (non-hydrogen) atoms. The fourth-order valence-corrected chi connectivity index (χ4v) is 3.71. The van der Waals surface area contributed by atoms with Gasteiger partial charge in [0.25, 0.3) is 0 Å². The average Bonchev–Trinajstić information content (AvgIpc) is 3.01. The number of hydrogen-bond donors (Lipinski definition) is 0. The summed E-state index contributed by atoms with van der Waals surface area (Å²) >= 11 is 0. The van der Waals surface area contributed by atoms with E-state index in [0.717, 1.165) is 64.2 Å².